The number of hydrogen-bond acceptors (Lipinski definition) is 6. The molecule has 0 radical (unpaired) electrons. The van der Waals surface area contributed by atoms with Crippen LogP contribution < -0.4 is 0 Å². The number of thiophene rings is 1. The lowest BCUT2D eigenvalue weighted by Crippen LogP contribution is -2.03. The van der Waals surface area contributed by atoms with Crippen molar-refractivity contribution in [1.82, 2.24) is 9.97 Å². The lowest BCUT2D eigenvalue weighted by Gasteiger charge is -2.02. The fourth-order valence-electron chi connectivity index (χ4n) is 2.09. The van der Waals surface area contributed by atoms with Crippen molar-refractivity contribution in [3.05, 3.63) is 16.8 Å². The Kier molecular flexibility index (Phi) is 3.45. The Labute approximate surface area is 119 Å². The first-order chi connectivity index (χ1) is 9.20. The summed E-state index contributed by atoms with van der Waals surface area (Å²) in [7, 11) is 1.40. The van der Waals surface area contributed by atoms with Crippen molar-refractivity contribution in [3.8, 4) is 0 Å². The molecule has 0 aromatic carbocycles. The van der Waals surface area contributed by atoms with Gasteiger partial charge >= 0.3 is 5.97 Å². The van der Waals surface area contributed by atoms with Gasteiger partial charge in [-0.25, -0.2) is 9.97 Å². The van der Waals surface area contributed by atoms with Gasteiger partial charge in [-0.1, -0.05) is 11.8 Å². The summed E-state index contributed by atoms with van der Waals surface area (Å²) in [5, 5.41) is 2.00. The third-order valence-corrected chi connectivity index (χ3v) is 5.56. The maximum absolute atomic E-state index is 11.2. The van der Waals surface area contributed by atoms with Crippen LogP contribution in [0.2, 0.25) is 0 Å². The molecule has 0 aliphatic heterocycles. The summed E-state index contributed by atoms with van der Waals surface area (Å²) in [5.74, 6) is 0.779. The monoisotopic (exact) mass is 294 g/mol. The van der Waals surface area contributed by atoms with E-state index in [0.717, 1.165) is 21.2 Å². The molecule has 2 aromatic heterocycles. The molecule has 0 N–H and O–H groups in total. The van der Waals surface area contributed by atoms with Gasteiger partial charge in [-0.2, -0.15) is 0 Å². The minimum Gasteiger partial charge on any atom is -0.468 e. The normalized spacial score (nSPS) is 14.8. The van der Waals surface area contributed by atoms with E-state index in [1.54, 1.807) is 17.7 Å². The van der Waals surface area contributed by atoms with Crippen LogP contribution in [0, 0.1) is 6.92 Å². The summed E-state index contributed by atoms with van der Waals surface area (Å²) in [6.45, 7) is 2.14. The Bertz CT molecular complexity index is 635. The van der Waals surface area contributed by atoms with Crippen LogP contribution >= 0.6 is 23.1 Å². The van der Waals surface area contributed by atoms with Gasteiger partial charge in [0.25, 0.3) is 0 Å². The first-order valence-electron chi connectivity index (χ1n) is 6.14. The summed E-state index contributed by atoms with van der Waals surface area (Å²) in [5.41, 5.74) is 1.29. The number of rotatable bonds is 4. The van der Waals surface area contributed by atoms with Gasteiger partial charge in [0.15, 0.2) is 0 Å². The number of fused-ring (bicyclic) bond motifs is 1. The number of aromatic nitrogens is 2. The molecule has 1 fully saturated rings. The Balaban J connectivity index is 1.97. The topological polar surface area (TPSA) is 52.1 Å². The van der Waals surface area contributed by atoms with Crippen LogP contribution in [0.4, 0.5) is 0 Å². The fourth-order valence-corrected chi connectivity index (χ4v) is 4.36. The van der Waals surface area contributed by atoms with Crippen molar-refractivity contribution >= 4 is 39.3 Å². The summed E-state index contributed by atoms with van der Waals surface area (Å²) < 4.78 is 4.67. The zero-order valence-corrected chi connectivity index (χ0v) is 12.4. The maximum atomic E-state index is 11.2. The maximum Gasteiger partial charge on any atom is 0.316 e. The highest BCUT2D eigenvalue weighted by Gasteiger charge is 2.29. The molecule has 0 unspecified atom stereocenters. The predicted molar refractivity (Wildman–Crippen MR) is 76.9 cm³/mol. The Morgan fingerprint density at radius 2 is 2.32 bits per heavy atom. The van der Waals surface area contributed by atoms with Crippen molar-refractivity contribution in [2.75, 3.05) is 12.9 Å². The Hall–Kier alpha value is -1.14. The molecule has 19 heavy (non-hydrogen) atoms. The number of carbonyl (C=O) groups excluding carboxylic acids is 1. The Morgan fingerprint density at radius 3 is 3.00 bits per heavy atom. The van der Waals surface area contributed by atoms with Gasteiger partial charge < -0.3 is 4.74 Å². The van der Waals surface area contributed by atoms with Crippen LogP contribution in [0.3, 0.4) is 0 Å². The number of carbonyl (C=O) groups is 1. The quantitative estimate of drug-likeness (QED) is 0.492. The highest BCUT2D eigenvalue weighted by atomic mass is 32.2. The molecular formula is C13H14N2O2S2. The molecule has 1 aliphatic rings. The van der Waals surface area contributed by atoms with E-state index in [-0.39, 0.29) is 11.7 Å². The minimum absolute atomic E-state index is 0.230. The molecule has 0 bridgehead atoms. The third kappa shape index (κ3) is 2.47. The zero-order chi connectivity index (χ0) is 13.4. The van der Waals surface area contributed by atoms with Gasteiger partial charge in [0, 0.05) is 10.3 Å². The molecule has 1 aliphatic carbocycles. The van der Waals surface area contributed by atoms with Crippen LogP contribution in [0.1, 0.15) is 29.2 Å². The molecule has 2 heterocycles. The van der Waals surface area contributed by atoms with Gasteiger partial charge in [0.2, 0.25) is 0 Å². The molecule has 0 atom stereocenters. The average Bonchev–Trinajstić information content (AvgIpc) is 3.21. The van der Waals surface area contributed by atoms with E-state index in [1.165, 1.54) is 42.2 Å². The average molecular weight is 294 g/mol. The second-order valence-electron chi connectivity index (χ2n) is 4.59. The van der Waals surface area contributed by atoms with E-state index < -0.39 is 0 Å². The zero-order valence-electron chi connectivity index (χ0n) is 10.8. The van der Waals surface area contributed by atoms with Crippen molar-refractivity contribution in [2.24, 2.45) is 0 Å². The van der Waals surface area contributed by atoms with Crippen LogP contribution in [0.15, 0.2) is 11.4 Å². The second kappa shape index (κ2) is 5.09. The first kappa shape index (κ1) is 12.9. The van der Waals surface area contributed by atoms with Crippen LogP contribution in [0.25, 0.3) is 10.2 Å². The summed E-state index contributed by atoms with van der Waals surface area (Å²) in [6, 6.07) is 0. The highest BCUT2D eigenvalue weighted by Crippen LogP contribution is 2.48. The Morgan fingerprint density at radius 1 is 1.53 bits per heavy atom. The summed E-state index contributed by atoms with van der Waals surface area (Å²) >= 11 is 3.19. The van der Waals surface area contributed by atoms with Crippen LogP contribution in [0.5, 0.6) is 0 Å². The molecule has 0 spiro atoms. The first-order valence-corrected chi connectivity index (χ1v) is 7.94. The van der Waals surface area contributed by atoms with E-state index in [4.69, 9.17) is 0 Å². The van der Waals surface area contributed by atoms with Crippen molar-refractivity contribution in [3.63, 3.8) is 0 Å². The fraction of sp³-hybridized carbons (Fsp3) is 0.462. The van der Waals surface area contributed by atoms with Gasteiger partial charge in [-0.3, -0.25) is 4.79 Å². The number of hydrogen-bond donors (Lipinski definition) is 0. The molecule has 100 valence electrons. The van der Waals surface area contributed by atoms with Gasteiger partial charge in [-0.05, 0) is 31.2 Å². The van der Waals surface area contributed by atoms with Crippen molar-refractivity contribution in [2.45, 2.75) is 30.7 Å². The number of esters is 1. The molecule has 4 nitrogen and oxygen atoms in total. The number of methoxy groups -OCH3 is 1. The van der Waals surface area contributed by atoms with E-state index in [0.29, 0.717) is 0 Å². The summed E-state index contributed by atoms with van der Waals surface area (Å²) in [6.07, 6.45) is 4.14. The number of nitrogens with zero attached hydrogens (tertiary/aromatic N) is 2. The van der Waals surface area contributed by atoms with Gasteiger partial charge in [0.05, 0.1) is 12.9 Å². The van der Waals surface area contributed by atoms with E-state index in [2.05, 4.69) is 21.6 Å². The van der Waals surface area contributed by atoms with Crippen LogP contribution in [-0.2, 0) is 9.53 Å². The van der Waals surface area contributed by atoms with E-state index >= 15 is 0 Å². The summed E-state index contributed by atoms with van der Waals surface area (Å²) in [4.78, 5) is 22.4. The lowest BCUT2D eigenvalue weighted by atomic mass is 10.2. The second-order valence-corrected chi connectivity index (χ2v) is 6.58. The van der Waals surface area contributed by atoms with Crippen molar-refractivity contribution < 1.29 is 9.53 Å². The van der Waals surface area contributed by atoms with Gasteiger partial charge in [-0.15, -0.1) is 11.3 Å². The standard InChI is InChI=1S/C13H14N2O2S2/c1-7-10-12(18-5-9(16)17-2)14-6-15-13(10)19-11(7)8-3-4-8/h6,8H,3-5H2,1-2H3. The largest absolute Gasteiger partial charge is 0.468 e. The predicted octanol–water partition coefficient (Wildman–Crippen LogP) is 3.14. The number of thioether (sulfide) groups is 1. The van der Waals surface area contributed by atoms with Gasteiger partial charge in [0.1, 0.15) is 16.2 Å². The van der Waals surface area contributed by atoms with Crippen LogP contribution in [-0.4, -0.2) is 28.8 Å². The molecule has 0 amide bonds. The lowest BCUT2D eigenvalue weighted by molar-refractivity contribution is -0.137. The van der Waals surface area contributed by atoms with E-state index in [1.807, 2.05) is 0 Å². The van der Waals surface area contributed by atoms with Crippen molar-refractivity contribution in [1.29, 1.82) is 0 Å². The minimum atomic E-state index is -0.230. The molecular weight excluding hydrogens is 280 g/mol. The SMILES string of the molecule is COC(=O)CSc1ncnc2sc(C3CC3)c(C)c12. The molecule has 0 saturated heterocycles. The number of aryl methyl sites for hydroxylation is 1. The molecule has 1 saturated carbocycles. The smallest absolute Gasteiger partial charge is 0.316 e. The molecule has 2 aromatic rings. The third-order valence-electron chi connectivity index (χ3n) is 3.23. The molecule has 6 heteroatoms. The highest BCUT2D eigenvalue weighted by molar-refractivity contribution is 8.00. The number of ether oxygens (including phenoxy) is 1. The molecule has 3 rings (SSSR count). The van der Waals surface area contributed by atoms with E-state index in [9.17, 15) is 4.79 Å².